The first-order valence-corrected chi connectivity index (χ1v) is 5.30. The van der Waals surface area contributed by atoms with Crippen LogP contribution in [0.2, 0.25) is 0 Å². The van der Waals surface area contributed by atoms with Crippen molar-refractivity contribution in [1.82, 2.24) is 0 Å². The molecule has 0 aliphatic heterocycles. The molecular weight excluding hydrogens is 188 g/mol. The molecule has 0 heterocycles. The molecule has 1 fully saturated rings. The maximum Gasteiger partial charge on any atom is 0.136 e. The van der Waals surface area contributed by atoms with E-state index in [1.54, 1.807) is 14.0 Å². The summed E-state index contributed by atoms with van der Waals surface area (Å²) in [7, 11) is 1.66. The molecule has 0 N–H and O–H groups in total. The molecule has 0 amide bonds. The zero-order valence-electron chi connectivity index (χ0n) is 9.25. The molecule has 2 heteroatoms. The van der Waals surface area contributed by atoms with Gasteiger partial charge in [-0.15, -0.1) is 0 Å². The molecule has 1 aliphatic rings. The zero-order valence-corrected chi connectivity index (χ0v) is 9.25. The molecule has 0 radical (unpaired) electrons. The fourth-order valence-corrected chi connectivity index (χ4v) is 1.94. The maximum atomic E-state index is 11.4. The van der Waals surface area contributed by atoms with Gasteiger partial charge in [0.25, 0.3) is 0 Å². The van der Waals surface area contributed by atoms with Crippen molar-refractivity contribution in [3.8, 4) is 5.75 Å². The number of hydrogen-bond donors (Lipinski definition) is 0. The molecule has 1 aliphatic carbocycles. The summed E-state index contributed by atoms with van der Waals surface area (Å²) in [6.45, 7) is 1.70. The van der Waals surface area contributed by atoms with Crippen molar-refractivity contribution in [2.24, 2.45) is 5.41 Å². The van der Waals surface area contributed by atoms with Crippen LogP contribution in [0.4, 0.5) is 0 Å². The number of carbonyl (C=O) groups excluding carboxylic acids is 1. The average Bonchev–Trinajstić information content (AvgIpc) is 3.00. The summed E-state index contributed by atoms with van der Waals surface area (Å²) in [6, 6.07) is 7.99. The molecule has 0 spiro atoms. The van der Waals surface area contributed by atoms with Crippen molar-refractivity contribution in [2.75, 3.05) is 7.11 Å². The topological polar surface area (TPSA) is 26.3 Å². The Balaban J connectivity index is 2.08. The second-order valence-electron chi connectivity index (χ2n) is 4.36. The first-order chi connectivity index (χ1) is 7.16. The lowest BCUT2D eigenvalue weighted by atomic mass is 9.93. The fourth-order valence-electron chi connectivity index (χ4n) is 1.94. The SMILES string of the molecule is COc1ccc(CC2(C(C)=O)CC2)cc1. The van der Waals surface area contributed by atoms with Crippen molar-refractivity contribution in [3.63, 3.8) is 0 Å². The van der Waals surface area contributed by atoms with Crippen LogP contribution < -0.4 is 4.74 Å². The number of methoxy groups -OCH3 is 1. The minimum absolute atomic E-state index is 0.0331. The Labute approximate surface area is 90.3 Å². The van der Waals surface area contributed by atoms with E-state index >= 15 is 0 Å². The normalized spacial score (nSPS) is 17.2. The van der Waals surface area contributed by atoms with Crippen molar-refractivity contribution in [3.05, 3.63) is 29.8 Å². The highest BCUT2D eigenvalue weighted by atomic mass is 16.5. The Morgan fingerprint density at radius 2 is 1.93 bits per heavy atom. The molecule has 0 aromatic heterocycles. The molecule has 1 aromatic carbocycles. The Hall–Kier alpha value is -1.31. The molecule has 15 heavy (non-hydrogen) atoms. The lowest BCUT2D eigenvalue weighted by Crippen LogP contribution is -2.14. The van der Waals surface area contributed by atoms with E-state index in [4.69, 9.17) is 4.74 Å². The molecule has 2 nitrogen and oxygen atoms in total. The third-order valence-electron chi connectivity index (χ3n) is 3.30. The molecule has 1 aromatic rings. The third kappa shape index (κ3) is 2.04. The van der Waals surface area contributed by atoms with Gasteiger partial charge in [0.15, 0.2) is 0 Å². The van der Waals surface area contributed by atoms with Gasteiger partial charge in [0.1, 0.15) is 11.5 Å². The number of ether oxygens (including phenoxy) is 1. The van der Waals surface area contributed by atoms with Gasteiger partial charge in [0.2, 0.25) is 0 Å². The van der Waals surface area contributed by atoms with E-state index in [0.717, 1.165) is 25.0 Å². The minimum atomic E-state index is -0.0331. The van der Waals surface area contributed by atoms with Gasteiger partial charge in [-0.3, -0.25) is 4.79 Å². The van der Waals surface area contributed by atoms with Crippen molar-refractivity contribution in [2.45, 2.75) is 26.2 Å². The van der Waals surface area contributed by atoms with Gasteiger partial charge in [-0.05, 0) is 43.9 Å². The standard InChI is InChI=1S/C13H16O2/c1-10(14)13(7-8-13)9-11-3-5-12(15-2)6-4-11/h3-6H,7-9H2,1-2H3. The van der Waals surface area contributed by atoms with Crippen LogP contribution in [0.5, 0.6) is 5.75 Å². The first-order valence-electron chi connectivity index (χ1n) is 5.30. The van der Waals surface area contributed by atoms with Crippen LogP contribution >= 0.6 is 0 Å². The molecule has 1 saturated carbocycles. The van der Waals surface area contributed by atoms with Gasteiger partial charge < -0.3 is 4.74 Å². The van der Waals surface area contributed by atoms with Gasteiger partial charge in [0, 0.05) is 5.41 Å². The van der Waals surface area contributed by atoms with Crippen LogP contribution in [-0.4, -0.2) is 12.9 Å². The quantitative estimate of drug-likeness (QED) is 0.753. The van der Waals surface area contributed by atoms with Crippen molar-refractivity contribution in [1.29, 1.82) is 0 Å². The predicted molar refractivity (Wildman–Crippen MR) is 59.0 cm³/mol. The van der Waals surface area contributed by atoms with E-state index in [2.05, 4.69) is 0 Å². The number of benzene rings is 1. The maximum absolute atomic E-state index is 11.4. The van der Waals surface area contributed by atoms with E-state index in [0.29, 0.717) is 5.78 Å². The number of carbonyl (C=O) groups is 1. The number of hydrogen-bond acceptors (Lipinski definition) is 2. The van der Waals surface area contributed by atoms with Crippen LogP contribution in [0.1, 0.15) is 25.3 Å². The number of Topliss-reactive ketones (excluding diaryl/α,β-unsaturated/α-hetero) is 1. The Morgan fingerprint density at radius 3 is 2.33 bits per heavy atom. The number of ketones is 1. The van der Waals surface area contributed by atoms with Crippen LogP contribution in [0.25, 0.3) is 0 Å². The molecule has 80 valence electrons. The van der Waals surface area contributed by atoms with E-state index in [1.807, 2.05) is 24.3 Å². The van der Waals surface area contributed by atoms with Gasteiger partial charge >= 0.3 is 0 Å². The van der Waals surface area contributed by atoms with E-state index in [-0.39, 0.29) is 5.41 Å². The van der Waals surface area contributed by atoms with Crippen LogP contribution in [-0.2, 0) is 11.2 Å². The van der Waals surface area contributed by atoms with Gasteiger partial charge in [0.05, 0.1) is 7.11 Å². The van der Waals surface area contributed by atoms with E-state index < -0.39 is 0 Å². The van der Waals surface area contributed by atoms with E-state index in [9.17, 15) is 4.79 Å². The molecule has 0 bridgehead atoms. The van der Waals surface area contributed by atoms with Gasteiger partial charge in [-0.1, -0.05) is 12.1 Å². The van der Waals surface area contributed by atoms with Crippen LogP contribution in [0.15, 0.2) is 24.3 Å². The highest BCUT2D eigenvalue weighted by Crippen LogP contribution is 2.49. The lowest BCUT2D eigenvalue weighted by molar-refractivity contribution is -0.121. The molecule has 0 saturated heterocycles. The van der Waals surface area contributed by atoms with Crippen LogP contribution in [0.3, 0.4) is 0 Å². The summed E-state index contributed by atoms with van der Waals surface area (Å²) in [5.41, 5.74) is 1.19. The molecule has 2 rings (SSSR count). The Morgan fingerprint density at radius 1 is 1.33 bits per heavy atom. The highest BCUT2D eigenvalue weighted by Gasteiger charge is 2.46. The van der Waals surface area contributed by atoms with E-state index in [1.165, 1.54) is 5.56 Å². The second kappa shape index (κ2) is 3.69. The minimum Gasteiger partial charge on any atom is -0.497 e. The Bertz CT molecular complexity index is 361. The third-order valence-corrected chi connectivity index (χ3v) is 3.30. The van der Waals surface area contributed by atoms with Crippen molar-refractivity contribution < 1.29 is 9.53 Å². The molecule has 0 unspecified atom stereocenters. The Kier molecular flexibility index (Phi) is 2.51. The first kappa shape index (κ1) is 10.2. The molecular formula is C13H16O2. The zero-order chi connectivity index (χ0) is 10.9. The summed E-state index contributed by atoms with van der Waals surface area (Å²) in [5.74, 6) is 1.20. The highest BCUT2D eigenvalue weighted by molar-refractivity contribution is 5.85. The van der Waals surface area contributed by atoms with Gasteiger partial charge in [-0.25, -0.2) is 0 Å². The summed E-state index contributed by atoms with van der Waals surface area (Å²) in [5, 5.41) is 0. The summed E-state index contributed by atoms with van der Waals surface area (Å²) in [4.78, 5) is 11.4. The monoisotopic (exact) mass is 204 g/mol. The van der Waals surface area contributed by atoms with Gasteiger partial charge in [-0.2, -0.15) is 0 Å². The summed E-state index contributed by atoms with van der Waals surface area (Å²) in [6.07, 6.45) is 2.98. The lowest BCUT2D eigenvalue weighted by Gasteiger charge is -2.11. The summed E-state index contributed by atoms with van der Waals surface area (Å²) < 4.78 is 5.10. The van der Waals surface area contributed by atoms with Crippen molar-refractivity contribution >= 4 is 5.78 Å². The largest absolute Gasteiger partial charge is 0.497 e. The number of rotatable bonds is 4. The summed E-state index contributed by atoms with van der Waals surface area (Å²) >= 11 is 0. The van der Waals surface area contributed by atoms with Crippen LogP contribution in [0, 0.1) is 5.41 Å². The average molecular weight is 204 g/mol. The fraction of sp³-hybridized carbons (Fsp3) is 0.462. The smallest absolute Gasteiger partial charge is 0.136 e. The second-order valence-corrected chi connectivity index (χ2v) is 4.36. The molecule has 0 atom stereocenters. The predicted octanol–water partition coefficient (Wildman–Crippen LogP) is 2.61.